The van der Waals surface area contributed by atoms with Gasteiger partial charge in [-0.05, 0) is 18.9 Å². The molecule has 1 aromatic heterocycles. The van der Waals surface area contributed by atoms with E-state index in [1.807, 2.05) is 10.8 Å². The fourth-order valence-electron chi connectivity index (χ4n) is 7.19. The molecule has 4 aliphatic heterocycles. The molecule has 20 heteroatoms. The molecule has 0 spiro atoms. The number of carbonyl (C=O) groups excluding carboxylic acids is 3. The Bertz CT molecular complexity index is 2230. The first-order valence-corrected chi connectivity index (χ1v) is 21.9. The molecule has 16 nitrogen and oxygen atoms in total. The van der Waals surface area contributed by atoms with Crippen molar-refractivity contribution >= 4 is 75.5 Å². The Kier molecular flexibility index (Phi) is 10.6. The molecule has 1 saturated carbocycles. The number of amides is 2. The molecule has 2 aromatic rings. The van der Waals surface area contributed by atoms with Crippen LogP contribution in [0.15, 0.2) is 56.6 Å². The Morgan fingerprint density at radius 2 is 1.85 bits per heavy atom. The molecule has 2 amide bonds. The van der Waals surface area contributed by atoms with Crippen molar-refractivity contribution in [1.29, 1.82) is 0 Å². The van der Waals surface area contributed by atoms with Crippen LogP contribution < -0.4 is 42.8 Å². The molecular weight excluding hydrogens is 891 g/mol. The van der Waals surface area contributed by atoms with Gasteiger partial charge in [0.2, 0.25) is 0 Å². The van der Waals surface area contributed by atoms with Gasteiger partial charge in [0.15, 0.2) is 16.9 Å². The van der Waals surface area contributed by atoms with Crippen LogP contribution in [0.2, 0.25) is 0 Å². The molecule has 0 radical (unpaired) electrons. The number of rotatable bonds is 12. The number of quaternary nitrogens is 1. The Labute approximate surface area is 337 Å². The number of carbonyl (C=O) groups is 4. The minimum absolute atomic E-state index is 0.154. The fourth-order valence-corrected chi connectivity index (χ4v) is 12.4. The van der Waals surface area contributed by atoms with Crippen LogP contribution in [0.25, 0.3) is 10.9 Å². The van der Waals surface area contributed by atoms with Crippen molar-refractivity contribution in [2.45, 2.75) is 69.1 Å². The number of carboxylic acid groups (broad SMARTS) is 2. The van der Waals surface area contributed by atoms with Gasteiger partial charge in [-0.15, -0.1) is 0 Å². The summed E-state index contributed by atoms with van der Waals surface area (Å²) in [6, 6.07) is 1.70. The summed E-state index contributed by atoms with van der Waals surface area (Å²) in [5, 5.41) is 49.2. The second-order valence-electron chi connectivity index (χ2n) is 14.5. The average molecular weight is 928 g/mol. The van der Waals surface area contributed by atoms with Gasteiger partial charge in [-0.1, -0.05) is 0 Å². The SMILES string of the molecule is CC(C)(O/N=C(\C(=O)N[C@@H]1C(=O)N2C(C(=O)[O-])=C(C[N+]3(Cc4cn(C5CC5)c5cc(O)c(O)cc5c4=O)CCCC3)CS[C@H]12)C1=C(Cl)SC(N)=C[I-]1)C(=O)O. The number of likely N-dealkylation sites (tertiary alicyclic amines) is 1. The summed E-state index contributed by atoms with van der Waals surface area (Å²) < 4.78 is 4.51. The van der Waals surface area contributed by atoms with Crippen molar-refractivity contribution < 1.29 is 70.1 Å². The van der Waals surface area contributed by atoms with E-state index in [-0.39, 0.29) is 57.2 Å². The molecule has 3 fully saturated rings. The number of nitrogens with two attached hydrogens (primary N) is 1. The summed E-state index contributed by atoms with van der Waals surface area (Å²) in [6.07, 6.45) is 5.33. The molecule has 0 bridgehead atoms. The standard InChI is InChI=1S/C35H38ClIN6O10S2/c1-35(2,34(51)52)53-40-25(24-29(36)55-23(38)11-37-24)30(47)39-26-31(48)42-27(33(49)50)17(15-54-32(26)42)14-43(7-3-4-8-43)13-16-12-41(18-5-6-18)20-10-22(45)21(44)9-19(20)28(16)46/h9-12,18,26,32,44-45H,3-8,13-15,38H2,1-2H3,(H,39,47)(H,49,50)(H,51,52)/p-1/b40-25-/t26-,32-/m1/s1. The quantitative estimate of drug-likeness (QED) is 0.0408. The molecule has 1 aliphatic carbocycles. The van der Waals surface area contributed by atoms with Crippen LogP contribution in [-0.2, 0) is 30.6 Å². The third-order valence-corrected chi connectivity index (χ3v) is 16.4. The normalized spacial score (nSPS) is 22.8. The zero-order valence-electron chi connectivity index (χ0n) is 29.5. The number of phenols is 2. The van der Waals surface area contributed by atoms with Gasteiger partial charge in [0.25, 0.3) is 0 Å². The van der Waals surface area contributed by atoms with Gasteiger partial charge >= 0.3 is 237 Å². The van der Waals surface area contributed by atoms with E-state index in [0.717, 1.165) is 42.3 Å². The Hall–Kier alpha value is -3.92. The van der Waals surface area contributed by atoms with E-state index in [2.05, 4.69) is 10.5 Å². The number of nitrogens with zero attached hydrogens (tertiary/aromatic N) is 4. The van der Waals surface area contributed by atoms with E-state index in [4.69, 9.17) is 22.2 Å². The number of hydrogen-bond acceptors (Lipinski definition) is 13. The van der Waals surface area contributed by atoms with E-state index in [1.54, 1.807) is 4.08 Å². The zero-order valence-corrected chi connectivity index (χ0v) is 34.1. The van der Waals surface area contributed by atoms with Gasteiger partial charge in [0.05, 0.1) is 16.5 Å². The van der Waals surface area contributed by atoms with Crippen LogP contribution in [0, 0.1) is 0 Å². The molecule has 294 valence electrons. The summed E-state index contributed by atoms with van der Waals surface area (Å²) >= 11 is 7.63. The minimum atomic E-state index is -1.80. The van der Waals surface area contributed by atoms with Crippen LogP contribution in [0.1, 0.15) is 51.1 Å². The molecule has 7 rings (SSSR count). The summed E-state index contributed by atoms with van der Waals surface area (Å²) in [4.78, 5) is 72.2. The number of aromatic hydroxyl groups is 2. The van der Waals surface area contributed by atoms with E-state index >= 15 is 0 Å². The molecule has 1 aromatic carbocycles. The number of β-lactam (4-membered cyclic amide) rings is 1. The molecular formula is C35H37ClIN6O10S2-. The van der Waals surface area contributed by atoms with Crippen LogP contribution in [-0.4, -0.2) is 101 Å². The first-order chi connectivity index (χ1) is 26.0. The van der Waals surface area contributed by atoms with E-state index in [0.29, 0.717) is 42.8 Å². The maximum atomic E-state index is 13.9. The number of pyridine rings is 1. The Morgan fingerprint density at radius 3 is 2.49 bits per heavy atom. The number of nitrogens with one attached hydrogen (secondary N) is 1. The average Bonchev–Trinajstić information content (AvgIpc) is 3.87. The van der Waals surface area contributed by atoms with E-state index in [9.17, 15) is 44.4 Å². The number of oxime groups is 1. The zero-order chi connectivity index (χ0) is 39.6. The Balaban J connectivity index is 1.15. The van der Waals surface area contributed by atoms with Gasteiger partial charge in [-0.25, -0.2) is 0 Å². The summed E-state index contributed by atoms with van der Waals surface area (Å²) in [5.41, 5.74) is 4.75. The first kappa shape index (κ1) is 39.3. The topological polar surface area (TPSA) is 237 Å². The van der Waals surface area contributed by atoms with Crippen molar-refractivity contribution in [3.8, 4) is 11.5 Å². The van der Waals surface area contributed by atoms with E-state index < -0.39 is 67.7 Å². The van der Waals surface area contributed by atoms with Crippen molar-refractivity contribution in [2.75, 3.05) is 25.4 Å². The molecule has 5 heterocycles. The second kappa shape index (κ2) is 14.9. The number of carboxylic acids is 2. The van der Waals surface area contributed by atoms with Gasteiger partial charge < -0.3 is 14.8 Å². The molecule has 6 N–H and O–H groups in total. The van der Waals surface area contributed by atoms with Crippen molar-refractivity contribution in [2.24, 2.45) is 10.9 Å². The van der Waals surface area contributed by atoms with Crippen LogP contribution in [0.3, 0.4) is 0 Å². The summed E-state index contributed by atoms with van der Waals surface area (Å²) in [5.74, 6) is -4.90. The van der Waals surface area contributed by atoms with Gasteiger partial charge in [-0.3, -0.25) is 4.79 Å². The van der Waals surface area contributed by atoms with Gasteiger partial charge in [-0.2, -0.15) is 0 Å². The summed E-state index contributed by atoms with van der Waals surface area (Å²) in [7, 11) is 0. The van der Waals surface area contributed by atoms with E-state index in [1.165, 1.54) is 37.7 Å². The molecule has 2 saturated heterocycles. The van der Waals surface area contributed by atoms with Gasteiger partial charge in [0.1, 0.15) is 0 Å². The number of hydrogen-bond donors (Lipinski definition) is 5. The number of aromatic nitrogens is 1. The van der Waals surface area contributed by atoms with Crippen molar-refractivity contribution in [3.63, 3.8) is 0 Å². The van der Waals surface area contributed by atoms with Crippen molar-refractivity contribution in [1.82, 2.24) is 14.8 Å². The third-order valence-electron chi connectivity index (χ3n) is 10.2. The van der Waals surface area contributed by atoms with Crippen LogP contribution in [0.4, 0.5) is 0 Å². The molecule has 5 aliphatic rings. The molecule has 2 atom stereocenters. The maximum absolute atomic E-state index is 13.9. The first-order valence-electron chi connectivity index (χ1n) is 17.3. The number of phenolic OH excluding ortho intramolecular Hbond substituents is 2. The number of thioether (sulfide) groups is 2. The number of benzene rings is 1. The monoisotopic (exact) mass is 927 g/mol. The fraction of sp³-hybridized carbons (Fsp3) is 0.429. The van der Waals surface area contributed by atoms with Crippen LogP contribution in [0.5, 0.6) is 11.5 Å². The van der Waals surface area contributed by atoms with Crippen LogP contribution >= 0.6 is 35.1 Å². The number of fused-ring (bicyclic) bond motifs is 2. The summed E-state index contributed by atoms with van der Waals surface area (Å²) in [6.45, 7) is 4.36. The Morgan fingerprint density at radius 1 is 1.16 bits per heavy atom. The number of aliphatic carboxylic acids is 2. The van der Waals surface area contributed by atoms with Crippen molar-refractivity contribution in [3.05, 3.63) is 62.4 Å². The van der Waals surface area contributed by atoms with Gasteiger partial charge in [0, 0.05) is 31.1 Å². The third kappa shape index (κ3) is 7.52. The molecule has 55 heavy (non-hydrogen) atoms. The predicted octanol–water partition coefficient (Wildman–Crippen LogP) is -1.50. The number of halogens is 2. The molecule has 0 unspecified atom stereocenters. The predicted molar refractivity (Wildman–Crippen MR) is 198 cm³/mol. The second-order valence-corrected chi connectivity index (χ2v) is 19.7.